The summed E-state index contributed by atoms with van der Waals surface area (Å²) in [4.78, 5) is 20.2. The average molecular weight is 333 g/mol. The fraction of sp³-hybridized carbons (Fsp3) is 0.600. The molecule has 0 spiro atoms. The summed E-state index contributed by atoms with van der Waals surface area (Å²) in [6.45, 7) is 0.674. The predicted molar refractivity (Wildman–Crippen MR) is 82.1 cm³/mol. The Morgan fingerprint density at radius 1 is 1.57 bits per heavy atom. The van der Waals surface area contributed by atoms with E-state index in [0.29, 0.717) is 18.2 Å². The lowest BCUT2D eigenvalue weighted by molar-refractivity contribution is 0.0200. The quantitative estimate of drug-likeness (QED) is 0.461. The largest absolute Gasteiger partial charge is 0.369 e. The predicted octanol–water partition coefficient (Wildman–Crippen LogP) is 0.383. The van der Waals surface area contributed by atoms with E-state index < -0.39 is 7.23 Å². The summed E-state index contributed by atoms with van der Waals surface area (Å²) < 4.78 is 21.7. The molecule has 116 valence electrons. The number of hydrogen-bond donors (Lipinski definition) is 4. The van der Waals surface area contributed by atoms with Crippen LogP contribution in [0, 0.1) is 0 Å². The van der Waals surface area contributed by atoms with E-state index in [1.807, 2.05) is 4.90 Å². The zero-order valence-electron chi connectivity index (χ0n) is 11.0. The molecule has 0 aromatic carbocycles. The molecule has 11 heteroatoms. The highest BCUT2D eigenvalue weighted by atomic mass is 32.7. The molecule has 3 heterocycles. The molecule has 0 radical (unpaired) electrons. The first kappa shape index (κ1) is 14.7. The highest BCUT2D eigenvalue weighted by Gasteiger charge is 2.35. The summed E-state index contributed by atoms with van der Waals surface area (Å²) in [6, 6.07) is 0. The van der Waals surface area contributed by atoms with Gasteiger partial charge in [0.2, 0.25) is 13.2 Å². The smallest absolute Gasteiger partial charge is 0.277 e. The molecule has 3 rings (SSSR count). The van der Waals surface area contributed by atoms with Crippen LogP contribution in [0.4, 0.5) is 17.5 Å². The van der Waals surface area contributed by atoms with Gasteiger partial charge < -0.3 is 25.2 Å². The zero-order chi connectivity index (χ0) is 15.0. The van der Waals surface area contributed by atoms with Crippen LogP contribution in [0.15, 0.2) is 4.79 Å². The maximum Gasteiger partial charge on any atom is 0.277 e. The Morgan fingerprint density at radius 2 is 2.38 bits per heavy atom. The molecule has 3 atom stereocenters. The summed E-state index contributed by atoms with van der Waals surface area (Å²) in [5.41, 5.74) is 5.68. The summed E-state index contributed by atoms with van der Waals surface area (Å²) in [5, 5.41) is 2.98. The third-order valence-electron chi connectivity index (χ3n) is 3.44. The van der Waals surface area contributed by atoms with Crippen molar-refractivity contribution in [3.63, 3.8) is 0 Å². The standard InChI is InChI=1S/C10H16N5O4PS/c11-10-13-8-7(9(16)14-10)12-4-15(8)6-2-1-5(19-6)3-18-20(17)21/h5-6,12,20H,1-4H2,(H,17,21)(H3,11,13,14,16)/t5-,6+/m0/s1. The van der Waals surface area contributed by atoms with Crippen LogP contribution >= 0.6 is 19.5 Å². The maximum atomic E-state index is 11.8. The number of rotatable bonds is 4. The van der Waals surface area contributed by atoms with Crippen LogP contribution in [0.5, 0.6) is 0 Å². The number of anilines is 3. The zero-order valence-corrected chi connectivity index (χ0v) is 12.9. The van der Waals surface area contributed by atoms with Crippen molar-refractivity contribution in [2.45, 2.75) is 25.2 Å². The molecule has 2 aliphatic rings. The van der Waals surface area contributed by atoms with Crippen molar-refractivity contribution >= 4 is 36.9 Å². The Bertz CT molecular complexity index is 626. The summed E-state index contributed by atoms with van der Waals surface area (Å²) in [6.07, 6.45) is 1.18. The molecule has 0 saturated carbocycles. The minimum absolute atomic E-state index is 0.0685. The lowest BCUT2D eigenvalue weighted by atomic mass is 10.2. The lowest BCUT2D eigenvalue weighted by Gasteiger charge is -2.24. The molecule has 1 fully saturated rings. The number of H-pyrrole nitrogens is 1. The molecule has 0 bridgehead atoms. The van der Waals surface area contributed by atoms with E-state index in [1.165, 1.54) is 0 Å². The number of hydrogen-bond acceptors (Lipinski definition) is 8. The molecule has 1 aromatic rings. The number of nitrogens with two attached hydrogens (primary N) is 1. The van der Waals surface area contributed by atoms with Crippen LogP contribution in [0.3, 0.4) is 0 Å². The number of aromatic amines is 1. The van der Waals surface area contributed by atoms with Gasteiger partial charge in [-0.2, -0.15) is 4.98 Å². The molecule has 1 aromatic heterocycles. The minimum atomic E-state index is -2.25. The fourth-order valence-electron chi connectivity index (χ4n) is 2.53. The van der Waals surface area contributed by atoms with E-state index in [0.717, 1.165) is 12.8 Å². The number of thiol groups is 1. The Labute approximate surface area is 126 Å². The highest BCUT2D eigenvalue weighted by Crippen LogP contribution is 2.34. The third kappa shape index (κ3) is 3.03. The van der Waals surface area contributed by atoms with Crippen molar-refractivity contribution in [1.29, 1.82) is 0 Å². The van der Waals surface area contributed by atoms with Crippen LogP contribution in [0.1, 0.15) is 12.8 Å². The first-order valence-electron chi connectivity index (χ1n) is 6.46. The van der Waals surface area contributed by atoms with Gasteiger partial charge in [-0.25, -0.2) is 0 Å². The summed E-state index contributed by atoms with van der Waals surface area (Å²) in [5.74, 6) is 0.560. The van der Waals surface area contributed by atoms with Crippen molar-refractivity contribution in [2.24, 2.45) is 0 Å². The number of ether oxygens (including phenoxy) is 1. The Morgan fingerprint density at radius 3 is 3.14 bits per heavy atom. The van der Waals surface area contributed by atoms with E-state index >= 15 is 0 Å². The van der Waals surface area contributed by atoms with Gasteiger partial charge in [-0.15, -0.1) is 0 Å². The molecule has 4 N–H and O–H groups in total. The monoisotopic (exact) mass is 333 g/mol. The van der Waals surface area contributed by atoms with Crippen molar-refractivity contribution in [1.82, 2.24) is 9.97 Å². The van der Waals surface area contributed by atoms with E-state index in [-0.39, 0.29) is 30.4 Å². The molecule has 0 aliphatic carbocycles. The van der Waals surface area contributed by atoms with Gasteiger partial charge >= 0.3 is 0 Å². The van der Waals surface area contributed by atoms with E-state index in [2.05, 4.69) is 27.5 Å². The van der Waals surface area contributed by atoms with Gasteiger partial charge in [0.1, 0.15) is 11.9 Å². The third-order valence-corrected chi connectivity index (χ3v) is 4.24. The van der Waals surface area contributed by atoms with E-state index in [9.17, 15) is 9.36 Å². The second kappa shape index (κ2) is 5.88. The number of nitrogens with one attached hydrogen (secondary N) is 2. The number of fused-ring (bicyclic) bond motifs is 1. The Kier molecular flexibility index (Phi) is 4.12. The molecule has 9 nitrogen and oxygen atoms in total. The first-order chi connectivity index (χ1) is 10.0. The summed E-state index contributed by atoms with van der Waals surface area (Å²) >= 11 is 3.73. The van der Waals surface area contributed by atoms with Crippen molar-refractivity contribution in [2.75, 3.05) is 29.2 Å². The first-order valence-corrected chi connectivity index (χ1v) is 9.06. The average Bonchev–Trinajstić information content (AvgIpc) is 3.02. The van der Waals surface area contributed by atoms with Crippen LogP contribution < -0.4 is 21.5 Å². The van der Waals surface area contributed by atoms with Gasteiger partial charge in [-0.3, -0.25) is 14.3 Å². The van der Waals surface area contributed by atoms with Gasteiger partial charge in [0.05, 0.1) is 19.4 Å². The van der Waals surface area contributed by atoms with Crippen molar-refractivity contribution in [3.05, 3.63) is 10.4 Å². The molecule has 1 saturated heterocycles. The highest BCUT2D eigenvalue weighted by molar-refractivity contribution is 8.39. The Balaban J connectivity index is 1.71. The van der Waals surface area contributed by atoms with Gasteiger partial charge in [0, 0.05) is 0 Å². The van der Waals surface area contributed by atoms with Gasteiger partial charge in [0.25, 0.3) is 5.56 Å². The molecule has 1 unspecified atom stereocenters. The van der Waals surface area contributed by atoms with Gasteiger partial charge in [0.15, 0.2) is 5.82 Å². The van der Waals surface area contributed by atoms with E-state index in [4.69, 9.17) is 15.0 Å². The second-order valence-electron chi connectivity index (χ2n) is 4.82. The lowest BCUT2D eigenvalue weighted by Crippen LogP contribution is -2.36. The van der Waals surface area contributed by atoms with Crippen LogP contribution in [0.25, 0.3) is 0 Å². The fourth-order valence-corrected chi connectivity index (χ4v) is 3.08. The van der Waals surface area contributed by atoms with Gasteiger partial charge in [-0.05, 0) is 12.8 Å². The molecule has 21 heavy (non-hydrogen) atoms. The SMILES string of the molecule is Nc1nc2c(c(=O)[nH]1)NCN2[C@H]1CC[C@@H](CO[PH](=O)S)O1. The molecule has 0 amide bonds. The van der Waals surface area contributed by atoms with E-state index in [1.54, 1.807) is 0 Å². The van der Waals surface area contributed by atoms with Crippen molar-refractivity contribution < 1.29 is 13.8 Å². The van der Waals surface area contributed by atoms with Crippen LogP contribution in [-0.2, 0) is 13.8 Å². The molecular weight excluding hydrogens is 317 g/mol. The topological polar surface area (TPSA) is 123 Å². The van der Waals surface area contributed by atoms with Crippen LogP contribution in [0.2, 0.25) is 0 Å². The summed E-state index contributed by atoms with van der Waals surface area (Å²) in [7, 11) is -2.25. The molecule has 2 aliphatic heterocycles. The molecular formula is C10H16N5O4PS. The Hall–Kier alpha value is -1.22. The number of nitrogen functional groups attached to an aromatic ring is 1. The maximum absolute atomic E-state index is 11.8. The number of aromatic nitrogens is 2. The second-order valence-corrected chi connectivity index (χ2v) is 6.74. The number of nitrogens with zero attached hydrogens (tertiary/aromatic N) is 2. The minimum Gasteiger partial charge on any atom is -0.369 e. The van der Waals surface area contributed by atoms with Crippen LogP contribution in [-0.4, -0.2) is 35.6 Å². The van der Waals surface area contributed by atoms with Crippen molar-refractivity contribution in [3.8, 4) is 0 Å². The van der Waals surface area contributed by atoms with Gasteiger partial charge in [-0.1, -0.05) is 12.2 Å². The normalized spacial score (nSPS) is 25.7.